The summed E-state index contributed by atoms with van der Waals surface area (Å²) in [5.41, 5.74) is 2.21. The van der Waals surface area contributed by atoms with Gasteiger partial charge in [0.25, 0.3) is 0 Å². The Bertz CT molecular complexity index is 771. The van der Waals surface area contributed by atoms with Gasteiger partial charge in [-0.25, -0.2) is 13.4 Å². The van der Waals surface area contributed by atoms with Gasteiger partial charge < -0.3 is 4.57 Å². The van der Waals surface area contributed by atoms with Crippen molar-refractivity contribution in [2.24, 2.45) is 0 Å². The van der Waals surface area contributed by atoms with Crippen LogP contribution in [0.1, 0.15) is 31.5 Å². The number of aromatic nitrogens is 2. The molecule has 0 radical (unpaired) electrons. The van der Waals surface area contributed by atoms with E-state index in [9.17, 15) is 8.42 Å². The van der Waals surface area contributed by atoms with Crippen LogP contribution in [0.4, 0.5) is 0 Å². The first-order valence-corrected chi connectivity index (χ1v) is 8.98. The van der Waals surface area contributed by atoms with Crippen molar-refractivity contribution in [3.63, 3.8) is 0 Å². The van der Waals surface area contributed by atoms with E-state index in [1.165, 1.54) is 24.7 Å². The number of allylic oxidation sites excluding steroid dienone is 2. The Hall–Kier alpha value is -1.88. The third-order valence-electron chi connectivity index (χ3n) is 3.76. The number of benzene rings is 1. The molecule has 3 rings (SSSR count). The molecule has 110 valence electrons. The predicted octanol–water partition coefficient (Wildman–Crippen LogP) is 3.23. The normalized spacial score (nSPS) is 15.8. The Morgan fingerprint density at radius 1 is 1.14 bits per heavy atom. The maximum absolute atomic E-state index is 11.5. The van der Waals surface area contributed by atoms with Gasteiger partial charge in [0.15, 0.2) is 9.84 Å². The summed E-state index contributed by atoms with van der Waals surface area (Å²) in [6.07, 6.45) is 11.8. The van der Waals surface area contributed by atoms with Gasteiger partial charge in [-0.3, -0.25) is 0 Å². The number of nitrogens with zero attached hydrogens (tertiary/aromatic N) is 2. The first kappa shape index (κ1) is 14.1. The SMILES string of the molecule is CS(=O)(=O)c1ccc(-n2ccnc2C2=CCCCC2)cc1. The summed E-state index contributed by atoms with van der Waals surface area (Å²) < 4.78 is 25.1. The lowest BCUT2D eigenvalue weighted by molar-refractivity contribution is 0.602. The molecule has 1 heterocycles. The van der Waals surface area contributed by atoms with Crippen LogP contribution in [-0.4, -0.2) is 24.2 Å². The largest absolute Gasteiger partial charge is 0.300 e. The van der Waals surface area contributed by atoms with Gasteiger partial charge in [-0.15, -0.1) is 0 Å². The molecule has 0 fully saturated rings. The summed E-state index contributed by atoms with van der Waals surface area (Å²) in [6, 6.07) is 6.93. The zero-order valence-corrected chi connectivity index (χ0v) is 12.8. The van der Waals surface area contributed by atoms with Crippen molar-refractivity contribution in [2.45, 2.75) is 30.6 Å². The van der Waals surface area contributed by atoms with E-state index in [2.05, 4.69) is 11.1 Å². The quantitative estimate of drug-likeness (QED) is 0.874. The molecule has 1 aromatic carbocycles. The molecule has 0 spiro atoms. The summed E-state index contributed by atoms with van der Waals surface area (Å²) in [5.74, 6) is 0.960. The van der Waals surface area contributed by atoms with E-state index in [-0.39, 0.29) is 0 Å². The highest BCUT2D eigenvalue weighted by atomic mass is 32.2. The number of hydrogen-bond donors (Lipinski definition) is 0. The standard InChI is InChI=1S/C16H18N2O2S/c1-21(19,20)15-9-7-14(8-10-15)18-12-11-17-16(18)13-5-3-2-4-6-13/h5,7-12H,2-4,6H2,1H3. The minimum Gasteiger partial charge on any atom is -0.300 e. The highest BCUT2D eigenvalue weighted by Crippen LogP contribution is 2.27. The molecule has 0 bridgehead atoms. The molecule has 0 amide bonds. The molecule has 0 aliphatic heterocycles. The highest BCUT2D eigenvalue weighted by molar-refractivity contribution is 7.90. The van der Waals surface area contributed by atoms with E-state index in [1.54, 1.807) is 18.3 Å². The minimum atomic E-state index is -3.16. The van der Waals surface area contributed by atoms with Gasteiger partial charge in [0.2, 0.25) is 0 Å². The van der Waals surface area contributed by atoms with E-state index in [1.807, 2.05) is 22.9 Å². The molecule has 2 aromatic rings. The van der Waals surface area contributed by atoms with Crippen LogP contribution in [0.3, 0.4) is 0 Å². The van der Waals surface area contributed by atoms with Gasteiger partial charge in [0, 0.05) is 24.3 Å². The maximum atomic E-state index is 11.5. The predicted molar refractivity (Wildman–Crippen MR) is 83.1 cm³/mol. The van der Waals surface area contributed by atoms with Crippen LogP contribution in [0.5, 0.6) is 0 Å². The number of rotatable bonds is 3. The van der Waals surface area contributed by atoms with Crippen molar-refractivity contribution in [2.75, 3.05) is 6.26 Å². The fraction of sp³-hybridized carbons (Fsp3) is 0.312. The zero-order valence-electron chi connectivity index (χ0n) is 12.0. The molecule has 5 heteroatoms. The molecule has 4 nitrogen and oxygen atoms in total. The lowest BCUT2D eigenvalue weighted by Gasteiger charge is -2.14. The average molecular weight is 302 g/mol. The molecule has 1 aromatic heterocycles. The van der Waals surface area contributed by atoms with Crippen molar-refractivity contribution < 1.29 is 8.42 Å². The fourth-order valence-electron chi connectivity index (χ4n) is 2.64. The van der Waals surface area contributed by atoms with E-state index in [0.29, 0.717) is 4.90 Å². The first-order valence-electron chi connectivity index (χ1n) is 7.09. The molecule has 21 heavy (non-hydrogen) atoms. The third kappa shape index (κ3) is 2.93. The second kappa shape index (κ2) is 5.48. The Morgan fingerprint density at radius 3 is 2.52 bits per heavy atom. The third-order valence-corrected chi connectivity index (χ3v) is 4.89. The summed E-state index contributed by atoms with van der Waals surface area (Å²) in [7, 11) is -3.16. The zero-order chi connectivity index (χ0) is 14.9. The molecular weight excluding hydrogens is 284 g/mol. The van der Waals surface area contributed by atoms with Crippen molar-refractivity contribution in [3.8, 4) is 5.69 Å². The monoisotopic (exact) mass is 302 g/mol. The molecule has 0 atom stereocenters. The molecule has 0 N–H and O–H groups in total. The van der Waals surface area contributed by atoms with Crippen LogP contribution in [0, 0.1) is 0 Å². The molecular formula is C16H18N2O2S. The summed E-state index contributed by atoms with van der Waals surface area (Å²) in [6.45, 7) is 0. The Balaban J connectivity index is 1.98. The van der Waals surface area contributed by atoms with Gasteiger partial charge in [0.05, 0.1) is 4.90 Å². The lowest BCUT2D eigenvalue weighted by atomic mass is 9.99. The van der Waals surface area contributed by atoms with Crippen molar-refractivity contribution in [3.05, 3.63) is 48.6 Å². The van der Waals surface area contributed by atoms with Gasteiger partial charge in [-0.1, -0.05) is 6.08 Å². The topological polar surface area (TPSA) is 52.0 Å². The van der Waals surface area contributed by atoms with Crippen molar-refractivity contribution >= 4 is 15.4 Å². The summed E-state index contributed by atoms with van der Waals surface area (Å²) in [4.78, 5) is 4.80. The molecule has 0 saturated heterocycles. The highest BCUT2D eigenvalue weighted by Gasteiger charge is 2.13. The second-order valence-corrected chi connectivity index (χ2v) is 7.38. The van der Waals surface area contributed by atoms with E-state index in [4.69, 9.17) is 0 Å². The Kier molecular flexibility index (Phi) is 3.68. The van der Waals surface area contributed by atoms with Crippen LogP contribution in [0.15, 0.2) is 47.6 Å². The van der Waals surface area contributed by atoms with Crippen molar-refractivity contribution in [1.29, 1.82) is 0 Å². The number of hydrogen-bond acceptors (Lipinski definition) is 3. The summed E-state index contributed by atoms with van der Waals surface area (Å²) in [5, 5.41) is 0. The van der Waals surface area contributed by atoms with E-state index < -0.39 is 9.84 Å². The Morgan fingerprint density at radius 2 is 1.90 bits per heavy atom. The number of sulfone groups is 1. The lowest BCUT2D eigenvalue weighted by Crippen LogP contribution is -2.03. The first-order chi connectivity index (χ1) is 10.1. The van der Waals surface area contributed by atoms with Gasteiger partial charge >= 0.3 is 0 Å². The molecule has 0 unspecified atom stereocenters. The number of imidazole rings is 1. The van der Waals surface area contributed by atoms with Crippen LogP contribution in [0.2, 0.25) is 0 Å². The summed E-state index contributed by atoms with van der Waals surface area (Å²) >= 11 is 0. The average Bonchev–Trinajstić information content (AvgIpc) is 2.97. The van der Waals surface area contributed by atoms with Crippen LogP contribution in [0.25, 0.3) is 11.3 Å². The van der Waals surface area contributed by atoms with Gasteiger partial charge in [-0.2, -0.15) is 0 Å². The van der Waals surface area contributed by atoms with Crippen LogP contribution >= 0.6 is 0 Å². The van der Waals surface area contributed by atoms with Crippen molar-refractivity contribution in [1.82, 2.24) is 9.55 Å². The van der Waals surface area contributed by atoms with Gasteiger partial charge in [-0.05, 0) is 55.5 Å². The van der Waals surface area contributed by atoms with Crippen LogP contribution in [-0.2, 0) is 9.84 Å². The smallest absolute Gasteiger partial charge is 0.175 e. The second-order valence-electron chi connectivity index (χ2n) is 5.36. The van der Waals surface area contributed by atoms with E-state index in [0.717, 1.165) is 24.4 Å². The van der Waals surface area contributed by atoms with Crippen LogP contribution < -0.4 is 0 Å². The Labute approximate surface area is 125 Å². The minimum absolute atomic E-state index is 0.338. The van der Waals surface area contributed by atoms with Gasteiger partial charge in [0.1, 0.15) is 5.82 Å². The van der Waals surface area contributed by atoms with E-state index >= 15 is 0 Å². The molecule has 1 aliphatic rings. The fourth-order valence-corrected chi connectivity index (χ4v) is 3.28. The maximum Gasteiger partial charge on any atom is 0.175 e. The molecule has 1 aliphatic carbocycles. The molecule has 0 saturated carbocycles.